The number of pyridine rings is 2. The Hall–Kier alpha value is -3.85. The zero-order valence-electron chi connectivity index (χ0n) is 18.7. The Kier molecular flexibility index (Phi) is 5.47. The minimum absolute atomic E-state index is 0.00275. The SMILES string of the molecule is CN1CCC(N(C)C(=O)c2ccc(-c3cnc4c(-c5ccccn5)c(N)nn4c3)nc2)CC1. The van der Waals surface area contributed by atoms with Crippen LogP contribution in [0.1, 0.15) is 23.2 Å². The van der Waals surface area contributed by atoms with Crippen molar-refractivity contribution >= 4 is 17.4 Å². The molecule has 168 valence electrons. The monoisotopic (exact) mass is 442 g/mol. The lowest BCUT2D eigenvalue weighted by molar-refractivity contribution is 0.0659. The number of nitrogens with two attached hydrogens (primary N) is 1. The second kappa shape index (κ2) is 8.59. The van der Waals surface area contributed by atoms with Gasteiger partial charge in [-0.05, 0) is 57.2 Å². The normalized spacial score (nSPS) is 15.1. The van der Waals surface area contributed by atoms with E-state index in [0.717, 1.165) is 37.2 Å². The number of aromatic nitrogens is 5. The van der Waals surface area contributed by atoms with Crippen molar-refractivity contribution in [3.05, 3.63) is 60.7 Å². The molecule has 0 atom stereocenters. The van der Waals surface area contributed by atoms with Crippen LogP contribution >= 0.6 is 0 Å². The molecule has 0 bridgehead atoms. The van der Waals surface area contributed by atoms with E-state index in [-0.39, 0.29) is 11.9 Å². The average Bonchev–Trinajstić information content (AvgIpc) is 3.19. The van der Waals surface area contributed by atoms with Gasteiger partial charge in [0.2, 0.25) is 0 Å². The van der Waals surface area contributed by atoms with Gasteiger partial charge in [0.25, 0.3) is 5.91 Å². The molecular weight excluding hydrogens is 416 g/mol. The molecule has 1 aliphatic rings. The van der Waals surface area contributed by atoms with Crippen LogP contribution in [0.5, 0.6) is 0 Å². The summed E-state index contributed by atoms with van der Waals surface area (Å²) in [6, 6.07) is 9.54. The zero-order chi connectivity index (χ0) is 22.9. The number of carbonyl (C=O) groups is 1. The van der Waals surface area contributed by atoms with Gasteiger partial charge < -0.3 is 15.5 Å². The van der Waals surface area contributed by atoms with Crippen molar-refractivity contribution in [1.82, 2.24) is 34.4 Å². The van der Waals surface area contributed by atoms with Crippen LogP contribution in [0.25, 0.3) is 28.2 Å². The minimum Gasteiger partial charge on any atom is -0.382 e. The maximum atomic E-state index is 12.9. The topological polar surface area (TPSA) is 106 Å². The number of hydrogen-bond donors (Lipinski definition) is 1. The molecule has 5 heterocycles. The predicted molar refractivity (Wildman–Crippen MR) is 126 cm³/mol. The minimum atomic E-state index is -0.00275. The van der Waals surface area contributed by atoms with Crippen LogP contribution in [0.2, 0.25) is 0 Å². The van der Waals surface area contributed by atoms with Gasteiger partial charge in [0.05, 0.1) is 22.5 Å². The van der Waals surface area contributed by atoms with Crippen LogP contribution in [-0.2, 0) is 0 Å². The van der Waals surface area contributed by atoms with E-state index in [4.69, 9.17) is 5.73 Å². The molecule has 4 aromatic heterocycles. The Labute approximate surface area is 191 Å². The molecule has 9 nitrogen and oxygen atoms in total. The van der Waals surface area contributed by atoms with Crippen LogP contribution in [0.4, 0.5) is 5.82 Å². The number of rotatable bonds is 4. The van der Waals surface area contributed by atoms with Crippen LogP contribution in [0.3, 0.4) is 0 Å². The van der Waals surface area contributed by atoms with Crippen molar-refractivity contribution in [3.63, 3.8) is 0 Å². The van der Waals surface area contributed by atoms with E-state index < -0.39 is 0 Å². The highest BCUT2D eigenvalue weighted by Crippen LogP contribution is 2.28. The molecule has 0 unspecified atom stereocenters. The summed E-state index contributed by atoms with van der Waals surface area (Å²) in [6.45, 7) is 2.02. The Bertz CT molecular complexity index is 1280. The number of anilines is 1. The fourth-order valence-electron chi connectivity index (χ4n) is 4.28. The van der Waals surface area contributed by atoms with Crippen molar-refractivity contribution in [3.8, 4) is 22.5 Å². The first-order chi connectivity index (χ1) is 16.0. The summed E-state index contributed by atoms with van der Waals surface area (Å²) in [5.74, 6) is 0.362. The second-order valence-electron chi connectivity index (χ2n) is 8.47. The first-order valence-electron chi connectivity index (χ1n) is 11.0. The van der Waals surface area contributed by atoms with Crippen LogP contribution in [-0.4, -0.2) is 73.5 Å². The number of amides is 1. The molecule has 1 aliphatic heterocycles. The molecule has 0 spiro atoms. The smallest absolute Gasteiger partial charge is 0.255 e. The van der Waals surface area contributed by atoms with Crippen molar-refractivity contribution < 1.29 is 4.79 Å². The number of nitrogens with zero attached hydrogens (tertiary/aromatic N) is 7. The van der Waals surface area contributed by atoms with Gasteiger partial charge in [0, 0.05) is 43.4 Å². The molecule has 0 saturated carbocycles. The first kappa shape index (κ1) is 21.0. The summed E-state index contributed by atoms with van der Waals surface area (Å²) < 4.78 is 1.64. The molecule has 0 aromatic carbocycles. The molecule has 0 radical (unpaired) electrons. The molecular formula is C24H26N8O. The lowest BCUT2D eigenvalue weighted by Crippen LogP contribution is -2.44. The Morgan fingerprint density at radius 2 is 1.88 bits per heavy atom. The standard InChI is InChI=1S/C24H26N8O/c1-30-11-8-18(9-12-30)31(2)24(33)16-6-7-19(27-13-16)17-14-28-23-21(20-5-3-4-10-26-20)22(25)29-32(23)15-17/h3-7,10,13-15,18H,8-9,11-12H2,1-2H3,(H2,25,29). The number of fused-ring (bicyclic) bond motifs is 1. The van der Waals surface area contributed by atoms with Gasteiger partial charge in [-0.25, -0.2) is 9.50 Å². The highest BCUT2D eigenvalue weighted by molar-refractivity contribution is 5.94. The molecule has 5 rings (SSSR count). The van der Waals surface area contributed by atoms with Gasteiger partial charge in [0.1, 0.15) is 0 Å². The largest absolute Gasteiger partial charge is 0.382 e. The molecule has 1 amide bonds. The van der Waals surface area contributed by atoms with Gasteiger partial charge in [-0.3, -0.25) is 14.8 Å². The third-order valence-corrected chi connectivity index (χ3v) is 6.28. The third-order valence-electron chi connectivity index (χ3n) is 6.28. The lowest BCUT2D eigenvalue weighted by Gasteiger charge is -2.35. The van der Waals surface area contributed by atoms with Crippen LogP contribution in [0, 0.1) is 0 Å². The predicted octanol–water partition coefficient (Wildman–Crippen LogP) is 2.60. The van der Waals surface area contributed by atoms with E-state index in [0.29, 0.717) is 28.3 Å². The van der Waals surface area contributed by atoms with E-state index in [2.05, 4.69) is 32.0 Å². The van der Waals surface area contributed by atoms with Gasteiger partial charge >= 0.3 is 0 Å². The molecule has 0 aliphatic carbocycles. The van der Waals surface area contributed by atoms with Gasteiger partial charge in [-0.1, -0.05) is 6.07 Å². The molecule has 1 saturated heterocycles. The maximum absolute atomic E-state index is 12.9. The number of likely N-dealkylation sites (tertiary alicyclic amines) is 1. The van der Waals surface area contributed by atoms with E-state index >= 15 is 0 Å². The first-order valence-corrected chi connectivity index (χ1v) is 11.0. The average molecular weight is 443 g/mol. The fraction of sp³-hybridized carbons (Fsp3) is 0.292. The Morgan fingerprint density at radius 3 is 2.58 bits per heavy atom. The van der Waals surface area contributed by atoms with Crippen molar-refractivity contribution in [2.45, 2.75) is 18.9 Å². The van der Waals surface area contributed by atoms with Crippen molar-refractivity contribution in [2.75, 3.05) is 32.9 Å². The molecule has 2 N–H and O–H groups in total. The van der Waals surface area contributed by atoms with E-state index in [1.54, 1.807) is 23.1 Å². The summed E-state index contributed by atoms with van der Waals surface area (Å²) >= 11 is 0. The molecule has 9 heteroatoms. The second-order valence-corrected chi connectivity index (χ2v) is 8.47. The molecule has 1 fully saturated rings. The number of nitrogen functional groups attached to an aromatic ring is 1. The third kappa shape index (κ3) is 4.03. The van der Waals surface area contributed by atoms with Gasteiger partial charge in [-0.2, -0.15) is 0 Å². The molecule has 4 aromatic rings. The Morgan fingerprint density at radius 1 is 1.06 bits per heavy atom. The number of carbonyl (C=O) groups excluding carboxylic acids is 1. The number of hydrogen-bond acceptors (Lipinski definition) is 7. The zero-order valence-corrected chi connectivity index (χ0v) is 18.7. The Balaban J connectivity index is 1.38. The summed E-state index contributed by atoms with van der Waals surface area (Å²) in [4.78, 5) is 30.6. The van der Waals surface area contributed by atoms with Crippen molar-refractivity contribution in [2.24, 2.45) is 0 Å². The van der Waals surface area contributed by atoms with Crippen LogP contribution in [0.15, 0.2) is 55.1 Å². The van der Waals surface area contributed by atoms with Gasteiger partial charge in [-0.15, -0.1) is 5.10 Å². The highest BCUT2D eigenvalue weighted by Gasteiger charge is 2.25. The van der Waals surface area contributed by atoms with E-state index in [9.17, 15) is 4.79 Å². The maximum Gasteiger partial charge on any atom is 0.255 e. The summed E-state index contributed by atoms with van der Waals surface area (Å²) in [6.07, 6.45) is 8.89. The summed E-state index contributed by atoms with van der Waals surface area (Å²) in [5.41, 5.74) is 10.3. The number of piperidine rings is 1. The lowest BCUT2D eigenvalue weighted by atomic mass is 10.0. The van der Waals surface area contributed by atoms with Crippen LogP contribution < -0.4 is 5.73 Å². The fourth-order valence-corrected chi connectivity index (χ4v) is 4.28. The quantitative estimate of drug-likeness (QED) is 0.518. The van der Waals surface area contributed by atoms with E-state index in [1.165, 1.54) is 0 Å². The summed E-state index contributed by atoms with van der Waals surface area (Å²) in [5, 5.41) is 4.40. The molecule has 33 heavy (non-hydrogen) atoms. The van der Waals surface area contributed by atoms with Gasteiger partial charge in [0.15, 0.2) is 11.5 Å². The van der Waals surface area contributed by atoms with E-state index in [1.807, 2.05) is 48.5 Å². The summed E-state index contributed by atoms with van der Waals surface area (Å²) in [7, 11) is 4.00. The van der Waals surface area contributed by atoms with Crippen molar-refractivity contribution in [1.29, 1.82) is 0 Å². The highest BCUT2D eigenvalue weighted by atomic mass is 16.2.